The van der Waals surface area contributed by atoms with E-state index >= 15 is 4.79 Å². The number of aromatic amines is 2. The molecule has 0 saturated carbocycles. The lowest BCUT2D eigenvalue weighted by molar-refractivity contribution is 0.555. The summed E-state index contributed by atoms with van der Waals surface area (Å²) in [7, 11) is 0. The third-order valence-electron chi connectivity index (χ3n) is 14.8. The van der Waals surface area contributed by atoms with E-state index in [4.69, 9.17) is 14.4 Å². The molecule has 0 spiro atoms. The highest BCUT2D eigenvalue weighted by Crippen LogP contribution is 2.44. The van der Waals surface area contributed by atoms with Gasteiger partial charge in [-0.25, -0.2) is 14.8 Å². The van der Waals surface area contributed by atoms with Crippen molar-refractivity contribution in [3.8, 4) is 44.5 Å². The molecule has 10 aromatic rings. The van der Waals surface area contributed by atoms with Gasteiger partial charge in [0, 0.05) is 38.6 Å². The molecule has 73 heavy (non-hydrogen) atoms. The van der Waals surface area contributed by atoms with E-state index in [9.17, 15) is 0 Å². The maximum atomic E-state index is 15.5. The van der Waals surface area contributed by atoms with Crippen molar-refractivity contribution in [3.63, 3.8) is 0 Å². The van der Waals surface area contributed by atoms with E-state index in [1.165, 1.54) is 16.7 Å². The maximum Gasteiger partial charge on any atom is 0.347 e. The topological polar surface area (TPSA) is 87.6 Å². The normalized spacial score (nSPS) is 12.9. The van der Waals surface area contributed by atoms with Gasteiger partial charge in [0.2, 0.25) is 5.71 Å². The Morgan fingerprint density at radius 2 is 0.795 bits per heavy atom. The van der Waals surface area contributed by atoms with E-state index < -0.39 is 5.63 Å². The Labute approximate surface area is 428 Å². The van der Waals surface area contributed by atoms with Crippen LogP contribution in [0.25, 0.3) is 112 Å². The molecule has 1 aliphatic rings. The number of rotatable bonds is 4. The molecule has 0 radical (unpaired) electrons. The highest BCUT2D eigenvalue weighted by molar-refractivity contribution is 6.26. The molecule has 0 atom stereocenters. The van der Waals surface area contributed by atoms with E-state index in [2.05, 4.69) is 233 Å². The number of fused-ring (bicyclic) bond motifs is 10. The molecule has 0 saturated heterocycles. The summed E-state index contributed by atoms with van der Waals surface area (Å²) in [4.78, 5) is 34.5. The maximum absolute atomic E-state index is 15.5. The first-order valence-corrected chi connectivity index (χ1v) is 25.6. The van der Waals surface area contributed by atoms with Crippen LogP contribution in [0.5, 0.6) is 0 Å². The van der Waals surface area contributed by atoms with E-state index in [0.717, 1.165) is 94.1 Å². The molecule has 6 aromatic carbocycles. The molecular formula is C67H64N4O2. The summed E-state index contributed by atoms with van der Waals surface area (Å²) in [5.74, 6) is 0. The van der Waals surface area contributed by atoms with Crippen molar-refractivity contribution in [2.75, 3.05) is 0 Å². The number of benzene rings is 6. The van der Waals surface area contributed by atoms with Crippen molar-refractivity contribution >= 4 is 67.0 Å². The standard InChI is InChI=1S/C67H64N4O2/c1-64(2,3)43-24-18-40(19-25-43)56-49-32-33-50(68-49)57(41-20-26-44(27-21-41)65(4,5)6)52-35-37-54(70-52)59-47-31-30-46(67(10,11)12)38-48(47)55(39-16-14-13-15-17-39)60-61(59)71-62(73-63(60)72)58(53-36-34-51(56)69-53)42-22-28-45(29-23-42)66(7,8)9/h13-38,69-70H,1-12H3. The van der Waals surface area contributed by atoms with Crippen molar-refractivity contribution in [2.45, 2.75) is 105 Å². The van der Waals surface area contributed by atoms with Gasteiger partial charge in [-0.05, 0) is 119 Å². The van der Waals surface area contributed by atoms with Gasteiger partial charge in [-0.2, -0.15) is 0 Å². The van der Waals surface area contributed by atoms with Crippen LogP contribution in [0, 0.1) is 0 Å². The lowest BCUT2D eigenvalue weighted by atomic mass is 9.83. The second kappa shape index (κ2) is 17.2. The molecule has 364 valence electrons. The summed E-state index contributed by atoms with van der Waals surface area (Å²) in [5, 5.41) is 3.17. The first kappa shape index (κ1) is 47.5. The molecule has 11 rings (SSSR count). The first-order chi connectivity index (χ1) is 34.6. The second-order valence-electron chi connectivity index (χ2n) is 24.1. The number of H-pyrrole nitrogens is 2. The van der Waals surface area contributed by atoms with Crippen molar-refractivity contribution in [2.24, 2.45) is 0 Å². The van der Waals surface area contributed by atoms with Crippen LogP contribution in [-0.4, -0.2) is 19.9 Å². The van der Waals surface area contributed by atoms with Gasteiger partial charge in [0.15, 0.2) is 0 Å². The van der Waals surface area contributed by atoms with Gasteiger partial charge in [0.05, 0.1) is 33.4 Å². The summed E-state index contributed by atoms with van der Waals surface area (Å²) in [6, 6.07) is 51.7. The van der Waals surface area contributed by atoms with Crippen LogP contribution >= 0.6 is 0 Å². The number of nitrogens with zero attached hydrogens (tertiary/aromatic N) is 2. The molecule has 0 amide bonds. The lowest BCUT2D eigenvalue weighted by Gasteiger charge is -2.21. The van der Waals surface area contributed by atoms with Crippen LogP contribution in [0.1, 0.15) is 117 Å². The second-order valence-corrected chi connectivity index (χ2v) is 24.1. The number of hydrogen-bond donors (Lipinski definition) is 2. The molecule has 6 nitrogen and oxygen atoms in total. The summed E-state index contributed by atoms with van der Waals surface area (Å²) >= 11 is 0. The minimum atomic E-state index is -0.462. The molecule has 6 heteroatoms. The first-order valence-electron chi connectivity index (χ1n) is 25.6. The molecule has 5 heterocycles. The van der Waals surface area contributed by atoms with Crippen molar-refractivity contribution < 1.29 is 4.42 Å². The molecule has 8 bridgehead atoms. The molecule has 2 N–H and O–H groups in total. The summed E-state index contributed by atoms with van der Waals surface area (Å²) in [5.41, 5.74) is 17.1. The largest absolute Gasteiger partial charge is 0.403 e. The van der Waals surface area contributed by atoms with Gasteiger partial charge >= 0.3 is 5.63 Å². The van der Waals surface area contributed by atoms with Gasteiger partial charge < -0.3 is 14.4 Å². The highest BCUT2D eigenvalue weighted by atomic mass is 16.4. The Hall–Kier alpha value is -7.83. The van der Waals surface area contributed by atoms with Crippen LogP contribution < -0.4 is 5.63 Å². The Morgan fingerprint density at radius 1 is 0.384 bits per heavy atom. The van der Waals surface area contributed by atoms with Crippen molar-refractivity contribution in [1.82, 2.24) is 19.9 Å². The zero-order valence-electron chi connectivity index (χ0n) is 44.2. The summed E-state index contributed by atoms with van der Waals surface area (Å²) in [6.45, 7) is 26.8. The Bertz CT molecular complexity index is 4030. The van der Waals surface area contributed by atoms with Gasteiger partial charge in [-0.15, -0.1) is 0 Å². The Morgan fingerprint density at radius 3 is 1.27 bits per heavy atom. The van der Waals surface area contributed by atoms with E-state index in [1.807, 2.05) is 18.2 Å². The molecular weight excluding hydrogens is 893 g/mol. The number of nitrogens with one attached hydrogen (secondary N) is 2. The average Bonchev–Trinajstić information content (AvgIpc) is 4.14. The average molecular weight is 957 g/mol. The monoisotopic (exact) mass is 957 g/mol. The van der Waals surface area contributed by atoms with Crippen molar-refractivity contribution in [1.29, 1.82) is 0 Å². The minimum Gasteiger partial charge on any atom is -0.403 e. The third-order valence-corrected chi connectivity index (χ3v) is 14.8. The van der Waals surface area contributed by atoms with Crippen LogP contribution in [0.15, 0.2) is 155 Å². The summed E-state index contributed by atoms with van der Waals surface area (Å²) in [6.07, 6.45) is 4.28. The zero-order chi connectivity index (χ0) is 51.4. The Balaban J connectivity index is 1.37. The number of aromatic nitrogens is 4. The summed E-state index contributed by atoms with van der Waals surface area (Å²) < 4.78 is 6.70. The van der Waals surface area contributed by atoms with Crippen LogP contribution in [0.4, 0.5) is 0 Å². The van der Waals surface area contributed by atoms with Crippen molar-refractivity contribution in [3.05, 3.63) is 190 Å². The molecule has 0 aliphatic carbocycles. The molecule has 0 unspecified atom stereocenters. The minimum absolute atomic E-state index is 0.0249. The van der Waals surface area contributed by atoms with Crippen LogP contribution in [0.3, 0.4) is 0 Å². The predicted molar refractivity (Wildman–Crippen MR) is 309 cm³/mol. The van der Waals surface area contributed by atoms with Gasteiger partial charge in [0.25, 0.3) is 0 Å². The fraction of sp³-hybridized carbons (Fsp3) is 0.239. The van der Waals surface area contributed by atoms with E-state index in [-0.39, 0.29) is 27.4 Å². The fourth-order valence-corrected chi connectivity index (χ4v) is 10.5. The molecule has 1 aliphatic heterocycles. The number of hydrogen-bond acceptors (Lipinski definition) is 4. The van der Waals surface area contributed by atoms with Gasteiger partial charge in [-0.3, -0.25) is 0 Å². The molecule has 4 aromatic heterocycles. The molecule has 0 fully saturated rings. The third kappa shape index (κ3) is 8.57. The highest BCUT2D eigenvalue weighted by Gasteiger charge is 2.25. The van der Waals surface area contributed by atoms with Crippen LogP contribution in [-0.2, 0) is 21.7 Å². The zero-order valence-corrected chi connectivity index (χ0v) is 44.2. The smallest absolute Gasteiger partial charge is 0.347 e. The van der Waals surface area contributed by atoms with E-state index in [1.54, 1.807) is 0 Å². The van der Waals surface area contributed by atoms with Crippen LogP contribution in [0.2, 0.25) is 0 Å². The van der Waals surface area contributed by atoms with E-state index in [0.29, 0.717) is 16.5 Å². The fourth-order valence-electron chi connectivity index (χ4n) is 10.5. The van der Waals surface area contributed by atoms with Gasteiger partial charge in [0.1, 0.15) is 0 Å². The Kier molecular flexibility index (Phi) is 11.2. The SMILES string of the molecule is CC(C)(C)c1ccc(-c2c3nc(c(-c4ccc(C(C)(C)C)cc4)c4ccc([nH]4)c4c5ccc(C(C)(C)C)cc5c(-c5ccccc5)c5c(=O)oc(nc54)c(-c4ccc(C(C)(C)C)cc4)c4ccc2[nH]4)C=C3)cc1. The van der Waals surface area contributed by atoms with Gasteiger partial charge in [-0.1, -0.05) is 198 Å². The predicted octanol–water partition coefficient (Wildman–Crippen LogP) is 17.9. The quantitative estimate of drug-likeness (QED) is 0.172. The lowest BCUT2D eigenvalue weighted by Crippen LogP contribution is -2.11.